The van der Waals surface area contributed by atoms with Crippen LogP contribution in [0.4, 0.5) is 0 Å². The molecule has 1 saturated heterocycles. The van der Waals surface area contributed by atoms with Gasteiger partial charge in [0.05, 0.1) is 5.69 Å². The minimum atomic E-state index is 0.482. The van der Waals surface area contributed by atoms with E-state index in [-0.39, 0.29) is 0 Å². The van der Waals surface area contributed by atoms with E-state index in [1.807, 2.05) is 11.4 Å². The van der Waals surface area contributed by atoms with Crippen LogP contribution < -0.4 is 0 Å². The van der Waals surface area contributed by atoms with Crippen molar-refractivity contribution in [2.24, 2.45) is 0 Å². The summed E-state index contributed by atoms with van der Waals surface area (Å²) >= 11 is 0. The molecule has 124 valence electrons. The lowest BCUT2D eigenvalue weighted by Gasteiger charge is -2.33. The summed E-state index contributed by atoms with van der Waals surface area (Å²) in [5.74, 6) is 1.19. The van der Waals surface area contributed by atoms with Crippen molar-refractivity contribution in [3.05, 3.63) is 59.2 Å². The quantitative estimate of drug-likeness (QED) is 0.743. The monoisotopic (exact) mass is 321 g/mol. The first-order valence-electron chi connectivity index (χ1n) is 8.64. The first kappa shape index (κ1) is 15.3. The number of hydrogen-bond acceptors (Lipinski definition) is 4. The maximum atomic E-state index is 4.46. The molecule has 3 aromatic rings. The molecule has 1 unspecified atom stereocenters. The van der Waals surface area contributed by atoms with Gasteiger partial charge in [0.1, 0.15) is 6.33 Å². The fourth-order valence-electron chi connectivity index (χ4n) is 3.64. The standard InChI is InChI=1S/C19H23N5/c1-14-5-7-16(8-6-14)11-23-9-3-4-17(12-23)18-10-15(2)22-19-20-13-21-24(18)19/h5-8,10,13,17H,3-4,9,11-12H2,1-2H3. The highest BCUT2D eigenvalue weighted by atomic mass is 15.3. The number of aromatic nitrogens is 4. The van der Waals surface area contributed by atoms with E-state index >= 15 is 0 Å². The smallest absolute Gasteiger partial charge is 0.252 e. The van der Waals surface area contributed by atoms with Crippen LogP contribution >= 0.6 is 0 Å². The van der Waals surface area contributed by atoms with Gasteiger partial charge in [-0.2, -0.15) is 10.1 Å². The van der Waals surface area contributed by atoms with Crippen LogP contribution in [0.1, 0.15) is 41.3 Å². The van der Waals surface area contributed by atoms with E-state index in [0.717, 1.165) is 25.3 Å². The summed E-state index contributed by atoms with van der Waals surface area (Å²) in [5, 5.41) is 4.38. The Morgan fingerprint density at radius 2 is 2.00 bits per heavy atom. The van der Waals surface area contributed by atoms with Crippen LogP contribution in [0, 0.1) is 13.8 Å². The van der Waals surface area contributed by atoms with Gasteiger partial charge in [0.25, 0.3) is 5.78 Å². The highest BCUT2D eigenvalue weighted by Crippen LogP contribution is 2.28. The van der Waals surface area contributed by atoms with Gasteiger partial charge in [-0.3, -0.25) is 4.90 Å². The lowest BCUT2D eigenvalue weighted by molar-refractivity contribution is 0.197. The molecule has 4 rings (SSSR count). The molecule has 0 spiro atoms. The average Bonchev–Trinajstić information content (AvgIpc) is 3.05. The van der Waals surface area contributed by atoms with E-state index in [1.54, 1.807) is 6.33 Å². The lowest BCUT2D eigenvalue weighted by atomic mass is 9.93. The molecule has 1 aliphatic rings. The van der Waals surface area contributed by atoms with E-state index in [9.17, 15) is 0 Å². The summed E-state index contributed by atoms with van der Waals surface area (Å²) in [7, 11) is 0. The summed E-state index contributed by atoms with van der Waals surface area (Å²) < 4.78 is 1.91. The number of aryl methyl sites for hydroxylation is 2. The molecular weight excluding hydrogens is 298 g/mol. The average molecular weight is 321 g/mol. The van der Waals surface area contributed by atoms with Gasteiger partial charge in [-0.1, -0.05) is 29.8 Å². The molecule has 0 radical (unpaired) electrons. The predicted octanol–water partition coefficient (Wildman–Crippen LogP) is 3.12. The minimum absolute atomic E-state index is 0.482. The van der Waals surface area contributed by atoms with Crippen molar-refractivity contribution in [3.63, 3.8) is 0 Å². The topological polar surface area (TPSA) is 46.3 Å². The zero-order valence-corrected chi connectivity index (χ0v) is 14.3. The largest absolute Gasteiger partial charge is 0.298 e. The molecule has 0 saturated carbocycles. The van der Waals surface area contributed by atoms with Crippen molar-refractivity contribution < 1.29 is 0 Å². The highest BCUT2D eigenvalue weighted by molar-refractivity contribution is 5.31. The van der Waals surface area contributed by atoms with Gasteiger partial charge in [-0.05, 0) is 44.9 Å². The van der Waals surface area contributed by atoms with Gasteiger partial charge in [0.2, 0.25) is 0 Å². The number of nitrogens with zero attached hydrogens (tertiary/aromatic N) is 5. The van der Waals surface area contributed by atoms with Crippen molar-refractivity contribution in [3.8, 4) is 0 Å². The van der Waals surface area contributed by atoms with E-state index in [2.05, 4.69) is 57.2 Å². The van der Waals surface area contributed by atoms with Crippen LogP contribution in [0.25, 0.3) is 5.78 Å². The molecule has 1 aliphatic heterocycles. The molecule has 1 fully saturated rings. The summed E-state index contributed by atoms with van der Waals surface area (Å²) in [6.45, 7) is 7.41. The zero-order chi connectivity index (χ0) is 16.5. The first-order valence-corrected chi connectivity index (χ1v) is 8.64. The molecule has 1 atom stereocenters. The van der Waals surface area contributed by atoms with Crippen LogP contribution in [0.15, 0.2) is 36.7 Å². The van der Waals surface area contributed by atoms with Crippen molar-refractivity contribution in [1.82, 2.24) is 24.5 Å². The third-order valence-electron chi connectivity index (χ3n) is 4.86. The van der Waals surface area contributed by atoms with Crippen LogP contribution in [0.5, 0.6) is 0 Å². The molecule has 5 heteroatoms. The predicted molar refractivity (Wildman–Crippen MR) is 94.0 cm³/mol. The summed E-state index contributed by atoms with van der Waals surface area (Å²) in [4.78, 5) is 11.3. The second-order valence-corrected chi connectivity index (χ2v) is 6.85. The maximum absolute atomic E-state index is 4.46. The molecule has 0 aliphatic carbocycles. The molecule has 0 bridgehead atoms. The van der Waals surface area contributed by atoms with Crippen LogP contribution in [0.2, 0.25) is 0 Å². The number of piperidine rings is 1. The van der Waals surface area contributed by atoms with E-state index in [4.69, 9.17) is 0 Å². The molecule has 0 amide bonds. The molecule has 1 aromatic carbocycles. The second kappa shape index (κ2) is 6.32. The van der Waals surface area contributed by atoms with Crippen molar-refractivity contribution in [1.29, 1.82) is 0 Å². The fraction of sp³-hybridized carbons (Fsp3) is 0.421. The molecule has 0 N–H and O–H groups in total. The number of rotatable bonds is 3. The Balaban J connectivity index is 1.55. The molecular formula is C19H23N5. The third kappa shape index (κ3) is 3.04. The van der Waals surface area contributed by atoms with Crippen molar-refractivity contribution >= 4 is 5.78 Å². The first-order chi connectivity index (χ1) is 11.7. The van der Waals surface area contributed by atoms with Gasteiger partial charge in [0, 0.05) is 24.7 Å². The molecule has 3 heterocycles. The summed E-state index contributed by atoms with van der Waals surface area (Å²) in [6.07, 6.45) is 4.01. The zero-order valence-electron chi connectivity index (χ0n) is 14.3. The van der Waals surface area contributed by atoms with Crippen molar-refractivity contribution in [2.45, 2.75) is 39.2 Å². The van der Waals surface area contributed by atoms with Crippen molar-refractivity contribution in [2.75, 3.05) is 13.1 Å². The Morgan fingerprint density at radius 1 is 1.17 bits per heavy atom. The Hall–Kier alpha value is -2.27. The van der Waals surface area contributed by atoms with Gasteiger partial charge in [-0.25, -0.2) is 9.50 Å². The Bertz CT molecular complexity index is 837. The summed E-state index contributed by atoms with van der Waals surface area (Å²) in [5.41, 5.74) is 4.96. The lowest BCUT2D eigenvalue weighted by Crippen LogP contribution is -2.34. The van der Waals surface area contributed by atoms with Gasteiger partial charge in [-0.15, -0.1) is 0 Å². The van der Waals surface area contributed by atoms with Crippen LogP contribution in [0.3, 0.4) is 0 Å². The minimum Gasteiger partial charge on any atom is -0.298 e. The summed E-state index contributed by atoms with van der Waals surface area (Å²) in [6, 6.07) is 11.0. The number of benzene rings is 1. The van der Waals surface area contributed by atoms with Gasteiger partial charge >= 0.3 is 0 Å². The Kier molecular flexibility index (Phi) is 4.02. The number of fused-ring (bicyclic) bond motifs is 1. The second-order valence-electron chi connectivity index (χ2n) is 6.85. The van der Waals surface area contributed by atoms with E-state index < -0.39 is 0 Å². The SMILES string of the molecule is Cc1ccc(CN2CCCC(c3cc(C)nc4ncnn34)C2)cc1. The Labute approximate surface area is 142 Å². The van der Waals surface area contributed by atoms with Crippen LogP contribution in [-0.2, 0) is 6.54 Å². The maximum Gasteiger partial charge on any atom is 0.252 e. The molecule has 2 aromatic heterocycles. The third-order valence-corrected chi connectivity index (χ3v) is 4.86. The fourth-order valence-corrected chi connectivity index (χ4v) is 3.64. The Morgan fingerprint density at radius 3 is 2.83 bits per heavy atom. The highest BCUT2D eigenvalue weighted by Gasteiger charge is 2.24. The number of hydrogen-bond donors (Lipinski definition) is 0. The molecule has 24 heavy (non-hydrogen) atoms. The van der Waals surface area contributed by atoms with Gasteiger partial charge < -0.3 is 0 Å². The normalized spacial score (nSPS) is 19.0. The molecule has 5 nitrogen and oxygen atoms in total. The number of likely N-dealkylation sites (tertiary alicyclic amines) is 1. The van der Waals surface area contributed by atoms with Gasteiger partial charge in [0.15, 0.2) is 0 Å². The van der Waals surface area contributed by atoms with Crippen LogP contribution in [-0.4, -0.2) is 37.6 Å². The van der Waals surface area contributed by atoms with E-state index in [1.165, 1.54) is 29.7 Å². The van der Waals surface area contributed by atoms with E-state index in [0.29, 0.717) is 11.7 Å².